The van der Waals surface area contributed by atoms with Crippen LogP contribution in [0.2, 0.25) is 0 Å². The van der Waals surface area contributed by atoms with Gasteiger partial charge in [-0.05, 0) is 17.7 Å². The Bertz CT molecular complexity index is 585. The van der Waals surface area contributed by atoms with E-state index in [1.54, 1.807) is 37.8 Å². The number of benzene rings is 1. The number of thiazole rings is 1. The van der Waals surface area contributed by atoms with Crippen LogP contribution in [0.3, 0.4) is 0 Å². The summed E-state index contributed by atoms with van der Waals surface area (Å²) in [4.78, 5) is 16.1. The molecule has 0 unspecified atom stereocenters. The van der Waals surface area contributed by atoms with Crippen molar-refractivity contribution in [1.29, 1.82) is 0 Å². The van der Waals surface area contributed by atoms with Gasteiger partial charge in [0, 0.05) is 24.5 Å². The molecule has 112 valence electrons. The minimum Gasteiger partial charge on any atom is -0.493 e. The Balaban J connectivity index is 1.84. The second-order valence-electron chi connectivity index (χ2n) is 4.39. The molecule has 0 aliphatic carbocycles. The van der Waals surface area contributed by atoms with Crippen LogP contribution in [-0.2, 0) is 17.6 Å². The van der Waals surface area contributed by atoms with E-state index in [0.717, 1.165) is 17.0 Å². The highest BCUT2D eigenvalue weighted by Crippen LogP contribution is 2.27. The standard InChI is InChI=1S/C15H18N2O3S/c1-19-12-4-3-11(9-13(12)20-2)10-14(18)16-6-5-15-17-7-8-21-15/h3-4,7-9H,5-6,10H2,1-2H3,(H,16,18). The van der Waals surface area contributed by atoms with Crippen LogP contribution in [0, 0.1) is 0 Å². The lowest BCUT2D eigenvalue weighted by atomic mass is 10.1. The highest BCUT2D eigenvalue weighted by atomic mass is 32.1. The lowest BCUT2D eigenvalue weighted by molar-refractivity contribution is -0.120. The molecule has 2 rings (SSSR count). The van der Waals surface area contributed by atoms with Gasteiger partial charge < -0.3 is 14.8 Å². The van der Waals surface area contributed by atoms with Crippen LogP contribution >= 0.6 is 11.3 Å². The van der Waals surface area contributed by atoms with E-state index in [9.17, 15) is 4.79 Å². The van der Waals surface area contributed by atoms with Gasteiger partial charge >= 0.3 is 0 Å². The molecule has 0 atom stereocenters. The number of hydrogen-bond acceptors (Lipinski definition) is 5. The Morgan fingerprint density at radius 3 is 2.76 bits per heavy atom. The quantitative estimate of drug-likeness (QED) is 0.850. The van der Waals surface area contributed by atoms with E-state index in [1.165, 1.54) is 0 Å². The van der Waals surface area contributed by atoms with Crippen LogP contribution in [-0.4, -0.2) is 31.7 Å². The predicted octanol–water partition coefficient (Wildman–Crippen LogP) is 2.06. The summed E-state index contributed by atoms with van der Waals surface area (Å²) in [6, 6.07) is 5.48. The van der Waals surface area contributed by atoms with Crippen molar-refractivity contribution >= 4 is 17.2 Å². The molecular weight excluding hydrogens is 288 g/mol. The van der Waals surface area contributed by atoms with Crippen LogP contribution in [0.1, 0.15) is 10.6 Å². The fraction of sp³-hybridized carbons (Fsp3) is 0.333. The zero-order valence-electron chi connectivity index (χ0n) is 12.1. The Kier molecular flexibility index (Phi) is 5.57. The van der Waals surface area contributed by atoms with E-state index in [-0.39, 0.29) is 5.91 Å². The normalized spacial score (nSPS) is 10.2. The van der Waals surface area contributed by atoms with Gasteiger partial charge in [0.05, 0.1) is 25.6 Å². The van der Waals surface area contributed by atoms with Gasteiger partial charge in [-0.1, -0.05) is 6.07 Å². The van der Waals surface area contributed by atoms with Gasteiger partial charge in [0.2, 0.25) is 5.91 Å². The summed E-state index contributed by atoms with van der Waals surface area (Å²) >= 11 is 1.59. The second-order valence-corrected chi connectivity index (χ2v) is 5.37. The number of hydrogen-bond donors (Lipinski definition) is 1. The molecule has 1 aromatic carbocycles. The lowest BCUT2D eigenvalue weighted by Crippen LogP contribution is -2.27. The molecule has 0 radical (unpaired) electrons. The zero-order valence-corrected chi connectivity index (χ0v) is 12.9. The number of carbonyl (C=O) groups is 1. The van der Waals surface area contributed by atoms with E-state index < -0.39 is 0 Å². The van der Waals surface area contributed by atoms with Gasteiger partial charge in [0.25, 0.3) is 0 Å². The number of carbonyl (C=O) groups excluding carboxylic acids is 1. The van der Waals surface area contributed by atoms with Gasteiger partial charge in [0.15, 0.2) is 11.5 Å². The molecule has 0 bridgehead atoms. The molecule has 0 spiro atoms. The van der Waals surface area contributed by atoms with Crippen LogP contribution in [0.5, 0.6) is 11.5 Å². The summed E-state index contributed by atoms with van der Waals surface area (Å²) in [5.41, 5.74) is 0.888. The number of nitrogens with one attached hydrogen (secondary N) is 1. The Morgan fingerprint density at radius 1 is 1.29 bits per heavy atom. The van der Waals surface area contributed by atoms with Crippen LogP contribution in [0.25, 0.3) is 0 Å². The molecule has 1 amide bonds. The summed E-state index contributed by atoms with van der Waals surface area (Å²) in [5.74, 6) is 1.27. The molecule has 1 N–H and O–H groups in total. The number of aromatic nitrogens is 1. The van der Waals surface area contributed by atoms with E-state index in [2.05, 4.69) is 10.3 Å². The van der Waals surface area contributed by atoms with Gasteiger partial charge in [-0.2, -0.15) is 0 Å². The third-order valence-corrected chi connectivity index (χ3v) is 3.80. The smallest absolute Gasteiger partial charge is 0.224 e. The first kappa shape index (κ1) is 15.3. The molecule has 0 aliphatic rings. The molecule has 21 heavy (non-hydrogen) atoms. The maximum absolute atomic E-state index is 11.9. The minimum atomic E-state index is -0.0150. The Morgan fingerprint density at radius 2 is 2.10 bits per heavy atom. The highest BCUT2D eigenvalue weighted by Gasteiger charge is 2.08. The highest BCUT2D eigenvalue weighted by molar-refractivity contribution is 7.09. The molecule has 1 heterocycles. The van der Waals surface area contributed by atoms with Crippen molar-refractivity contribution in [1.82, 2.24) is 10.3 Å². The number of nitrogens with zero attached hydrogens (tertiary/aromatic N) is 1. The minimum absolute atomic E-state index is 0.0150. The molecule has 2 aromatic rings. The summed E-state index contributed by atoms with van der Waals surface area (Å²) in [6.07, 6.45) is 2.85. The van der Waals surface area contributed by atoms with Crippen molar-refractivity contribution in [3.63, 3.8) is 0 Å². The molecule has 0 aliphatic heterocycles. The number of ether oxygens (including phenoxy) is 2. The van der Waals surface area contributed by atoms with Gasteiger partial charge in [-0.25, -0.2) is 4.98 Å². The molecule has 0 saturated heterocycles. The summed E-state index contributed by atoms with van der Waals surface area (Å²) in [7, 11) is 3.17. The lowest BCUT2D eigenvalue weighted by Gasteiger charge is -2.09. The SMILES string of the molecule is COc1ccc(CC(=O)NCCc2nccs2)cc1OC. The van der Waals surface area contributed by atoms with Gasteiger partial charge in [-0.3, -0.25) is 4.79 Å². The maximum Gasteiger partial charge on any atom is 0.224 e. The van der Waals surface area contributed by atoms with Crippen molar-refractivity contribution in [2.24, 2.45) is 0 Å². The predicted molar refractivity (Wildman–Crippen MR) is 82.1 cm³/mol. The van der Waals surface area contributed by atoms with Crippen LogP contribution in [0.15, 0.2) is 29.8 Å². The fourth-order valence-electron chi connectivity index (χ4n) is 1.92. The van der Waals surface area contributed by atoms with Crippen LogP contribution in [0.4, 0.5) is 0 Å². The third-order valence-electron chi connectivity index (χ3n) is 2.96. The van der Waals surface area contributed by atoms with E-state index in [0.29, 0.717) is 24.5 Å². The van der Waals surface area contributed by atoms with E-state index >= 15 is 0 Å². The molecule has 0 saturated carbocycles. The van der Waals surface area contributed by atoms with Crippen molar-refractivity contribution in [2.45, 2.75) is 12.8 Å². The topological polar surface area (TPSA) is 60.5 Å². The van der Waals surface area contributed by atoms with Gasteiger partial charge in [0.1, 0.15) is 0 Å². The van der Waals surface area contributed by atoms with Gasteiger partial charge in [-0.15, -0.1) is 11.3 Å². The average Bonchev–Trinajstić information content (AvgIpc) is 3.00. The number of rotatable bonds is 7. The van der Waals surface area contributed by atoms with Crippen molar-refractivity contribution in [3.8, 4) is 11.5 Å². The second kappa shape index (κ2) is 7.64. The van der Waals surface area contributed by atoms with E-state index in [1.807, 2.05) is 17.5 Å². The monoisotopic (exact) mass is 306 g/mol. The summed E-state index contributed by atoms with van der Waals surface area (Å²) in [5, 5.41) is 5.85. The average molecular weight is 306 g/mol. The molecule has 1 aromatic heterocycles. The zero-order chi connectivity index (χ0) is 15.1. The molecule has 0 fully saturated rings. The summed E-state index contributed by atoms with van der Waals surface area (Å²) < 4.78 is 10.4. The van der Waals surface area contributed by atoms with Crippen molar-refractivity contribution in [2.75, 3.05) is 20.8 Å². The third kappa shape index (κ3) is 4.46. The number of amides is 1. The largest absolute Gasteiger partial charge is 0.493 e. The first-order valence-corrected chi connectivity index (χ1v) is 7.47. The fourth-order valence-corrected chi connectivity index (χ4v) is 2.54. The van der Waals surface area contributed by atoms with Crippen LogP contribution < -0.4 is 14.8 Å². The van der Waals surface area contributed by atoms with Crippen molar-refractivity contribution in [3.05, 3.63) is 40.3 Å². The number of methoxy groups -OCH3 is 2. The molecule has 6 heteroatoms. The summed E-state index contributed by atoms with van der Waals surface area (Å²) in [6.45, 7) is 0.597. The van der Waals surface area contributed by atoms with Crippen molar-refractivity contribution < 1.29 is 14.3 Å². The Labute approximate surface area is 127 Å². The first-order valence-electron chi connectivity index (χ1n) is 6.59. The molecule has 5 nitrogen and oxygen atoms in total. The maximum atomic E-state index is 11.9. The Hall–Kier alpha value is -2.08. The van der Waals surface area contributed by atoms with E-state index in [4.69, 9.17) is 9.47 Å². The first-order chi connectivity index (χ1) is 10.2. The molecular formula is C15H18N2O3S.